The van der Waals surface area contributed by atoms with Gasteiger partial charge in [-0.25, -0.2) is 9.82 Å². The molecule has 0 aliphatic carbocycles. The lowest BCUT2D eigenvalue weighted by molar-refractivity contribution is -0.879. The summed E-state index contributed by atoms with van der Waals surface area (Å²) in [5, 5.41) is 8.64. The molecule has 0 bridgehead atoms. The van der Waals surface area contributed by atoms with Gasteiger partial charge in [0.15, 0.2) is 0 Å². The summed E-state index contributed by atoms with van der Waals surface area (Å²) >= 11 is 0. The first-order valence-electron chi connectivity index (χ1n) is 16.0. The molecule has 0 aliphatic heterocycles. The fraction of sp³-hybridized carbons (Fsp3) is 0.812. The van der Waals surface area contributed by atoms with Crippen molar-refractivity contribution < 1.29 is 28.4 Å². The van der Waals surface area contributed by atoms with Crippen molar-refractivity contribution in [3.05, 3.63) is 29.8 Å². The fourth-order valence-corrected chi connectivity index (χ4v) is 5.34. The standard InChI is InChI=1S/C16H35N.C16H27O5P/c1-4-6-7-8-9-10-11-12-13-14-16-17(3)15-5-2;1-3-4-5-6-7-8-9-12-15-13-10-11-14-16(15)20-22(18,19-2)21-17/h4-16H2,1-3H3;10-11,13-14,17H,3-9,12H2,1-2H3/p+1. The first-order chi connectivity index (χ1) is 19.0. The maximum Gasteiger partial charge on any atom is 0.557 e. The molecule has 2 atom stereocenters. The van der Waals surface area contributed by atoms with Crippen LogP contribution < -0.4 is 9.42 Å². The van der Waals surface area contributed by atoms with E-state index in [0.29, 0.717) is 5.75 Å². The summed E-state index contributed by atoms with van der Waals surface area (Å²) in [7, 11) is -0.439. The van der Waals surface area contributed by atoms with Gasteiger partial charge in [-0.2, -0.15) is 0 Å². The summed E-state index contributed by atoms with van der Waals surface area (Å²) in [6.07, 6.45) is 25.3. The average molecular weight is 573 g/mol. The Bertz CT molecular complexity index is 695. The monoisotopic (exact) mass is 572 g/mol. The third-order valence-electron chi connectivity index (χ3n) is 7.19. The van der Waals surface area contributed by atoms with Gasteiger partial charge in [0.2, 0.25) is 0 Å². The molecule has 1 rings (SSSR count). The van der Waals surface area contributed by atoms with Gasteiger partial charge in [-0.3, -0.25) is 4.52 Å². The van der Waals surface area contributed by atoms with E-state index in [4.69, 9.17) is 9.78 Å². The number of rotatable bonds is 25. The number of phosphoric acid groups is 1. The lowest BCUT2D eigenvalue weighted by atomic mass is 10.0. The highest BCUT2D eigenvalue weighted by Gasteiger charge is 2.28. The summed E-state index contributed by atoms with van der Waals surface area (Å²) in [4.78, 5) is 1.71. The van der Waals surface area contributed by atoms with Crippen molar-refractivity contribution in [3.63, 3.8) is 0 Å². The number of phosphoric ester groups is 1. The Balaban J connectivity index is 0.000000768. The Morgan fingerprint density at radius 2 is 1.18 bits per heavy atom. The van der Waals surface area contributed by atoms with Gasteiger partial charge in [-0.15, -0.1) is 4.67 Å². The molecule has 7 heteroatoms. The molecule has 6 nitrogen and oxygen atoms in total. The van der Waals surface area contributed by atoms with Crippen LogP contribution in [0.15, 0.2) is 24.3 Å². The van der Waals surface area contributed by atoms with Gasteiger partial charge >= 0.3 is 7.82 Å². The molecule has 2 N–H and O–H groups in total. The largest absolute Gasteiger partial charge is 0.557 e. The number of hydrogen-bond acceptors (Lipinski definition) is 5. The normalized spacial score (nSPS) is 13.4. The van der Waals surface area contributed by atoms with Gasteiger partial charge in [0, 0.05) is 7.11 Å². The van der Waals surface area contributed by atoms with E-state index in [1.807, 2.05) is 12.1 Å². The molecule has 0 amide bonds. The van der Waals surface area contributed by atoms with Gasteiger partial charge in [-0.05, 0) is 43.7 Å². The van der Waals surface area contributed by atoms with Gasteiger partial charge in [0.05, 0.1) is 20.1 Å². The summed E-state index contributed by atoms with van der Waals surface area (Å²) in [5.74, 6) is 0.424. The number of benzene rings is 1. The minimum atomic E-state index is -3.93. The average Bonchev–Trinajstić information content (AvgIpc) is 2.95. The zero-order valence-electron chi connectivity index (χ0n) is 26.2. The molecule has 39 heavy (non-hydrogen) atoms. The smallest absolute Gasteiger partial charge is 0.402 e. The Morgan fingerprint density at radius 3 is 1.67 bits per heavy atom. The summed E-state index contributed by atoms with van der Waals surface area (Å²) in [6.45, 7) is 9.51. The molecular weight excluding hydrogens is 509 g/mol. The Labute approximate surface area is 241 Å². The number of nitrogens with one attached hydrogen (secondary N) is 1. The predicted octanol–water partition coefficient (Wildman–Crippen LogP) is 9.43. The summed E-state index contributed by atoms with van der Waals surface area (Å²) in [6, 6.07) is 7.30. The zero-order chi connectivity index (χ0) is 29.0. The topological polar surface area (TPSA) is 69.4 Å². The van der Waals surface area contributed by atoms with E-state index in [-0.39, 0.29) is 0 Å². The second-order valence-corrected chi connectivity index (χ2v) is 12.5. The highest BCUT2D eigenvalue weighted by Crippen LogP contribution is 2.48. The molecule has 0 aromatic heterocycles. The molecule has 0 saturated carbocycles. The van der Waals surface area contributed by atoms with Gasteiger partial charge in [-0.1, -0.05) is 129 Å². The maximum absolute atomic E-state index is 11.8. The van der Waals surface area contributed by atoms with E-state index in [9.17, 15) is 4.57 Å². The first kappa shape index (κ1) is 38.1. The molecule has 0 heterocycles. The number of unbranched alkanes of at least 4 members (excludes halogenated alkanes) is 15. The molecule has 0 fully saturated rings. The van der Waals surface area contributed by atoms with E-state index in [2.05, 4.69) is 37.0 Å². The highest BCUT2D eigenvalue weighted by atomic mass is 31.2. The van der Waals surface area contributed by atoms with Crippen LogP contribution in [0, 0.1) is 0 Å². The van der Waals surface area contributed by atoms with Crippen molar-refractivity contribution in [3.8, 4) is 5.75 Å². The van der Waals surface area contributed by atoms with Crippen LogP contribution in [-0.2, 0) is 20.2 Å². The lowest BCUT2D eigenvalue weighted by Crippen LogP contribution is -3.08. The minimum absolute atomic E-state index is 0.424. The van der Waals surface area contributed by atoms with Crippen molar-refractivity contribution in [1.82, 2.24) is 0 Å². The van der Waals surface area contributed by atoms with Crippen LogP contribution in [0.3, 0.4) is 0 Å². The molecule has 230 valence electrons. The number of hydrogen-bond donors (Lipinski definition) is 2. The predicted molar refractivity (Wildman–Crippen MR) is 166 cm³/mol. The molecule has 1 aromatic carbocycles. The van der Waals surface area contributed by atoms with Crippen LogP contribution in [0.5, 0.6) is 5.75 Å². The van der Waals surface area contributed by atoms with Gasteiger partial charge < -0.3 is 9.42 Å². The van der Waals surface area contributed by atoms with E-state index in [0.717, 1.165) is 31.9 Å². The maximum atomic E-state index is 11.8. The molecule has 0 saturated heterocycles. The third-order valence-corrected chi connectivity index (χ3v) is 8.26. The molecular formula is C32H63NO5P+. The SMILES string of the molecule is CCCCCCCCCCCC[NH+](C)CCC.CCCCCCCCCc1ccccc1OP(=O)(OC)OO. The van der Waals surface area contributed by atoms with Crippen LogP contribution in [0.1, 0.15) is 142 Å². The van der Waals surface area contributed by atoms with Crippen LogP contribution in [0.25, 0.3) is 0 Å². The van der Waals surface area contributed by atoms with E-state index >= 15 is 0 Å². The highest BCUT2D eigenvalue weighted by molar-refractivity contribution is 7.48. The number of quaternary nitrogens is 1. The van der Waals surface area contributed by atoms with Crippen LogP contribution in [0.2, 0.25) is 0 Å². The Hall–Kier alpha value is -0.910. The molecule has 2 unspecified atom stereocenters. The fourth-order valence-electron chi connectivity index (χ4n) is 4.75. The summed E-state index contributed by atoms with van der Waals surface area (Å²) in [5.41, 5.74) is 0.936. The van der Waals surface area contributed by atoms with Crippen molar-refractivity contribution in [2.45, 2.75) is 143 Å². The first-order valence-corrected chi connectivity index (χ1v) is 17.5. The second-order valence-electron chi connectivity index (χ2n) is 10.9. The van der Waals surface area contributed by atoms with E-state index in [1.54, 1.807) is 17.0 Å². The third kappa shape index (κ3) is 22.5. The van der Waals surface area contributed by atoms with Crippen molar-refractivity contribution in [2.24, 2.45) is 0 Å². The molecule has 1 aromatic rings. The number of para-hydroxylation sites is 1. The van der Waals surface area contributed by atoms with Crippen molar-refractivity contribution >= 4 is 7.82 Å². The molecule has 0 aliphatic rings. The van der Waals surface area contributed by atoms with E-state index < -0.39 is 7.82 Å². The zero-order valence-corrected chi connectivity index (χ0v) is 27.1. The van der Waals surface area contributed by atoms with Crippen molar-refractivity contribution in [2.75, 3.05) is 27.2 Å². The molecule has 0 spiro atoms. The van der Waals surface area contributed by atoms with E-state index in [1.165, 1.54) is 116 Å². The van der Waals surface area contributed by atoms with Gasteiger partial charge in [0.1, 0.15) is 5.75 Å². The molecule has 0 radical (unpaired) electrons. The van der Waals surface area contributed by atoms with Crippen molar-refractivity contribution in [1.29, 1.82) is 0 Å². The van der Waals surface area contributed by atoms with Crippen LogP contribution in [-0.4, -0.2) is 32.5 Å². The second kappa shape index (κ2) is 27.3. The quantitative estimate of drug-likeness (QED) is 0.0528. The van der Waals surface area contributed by atoms with Crippen LogP contribution >= 0.6 is 7.82 Å². The Kier molecular flexibility index (Phi) is 26.6. The van der Waals surface area contributed by atoms with Crippen LogP contribution in [0.4, 0.5) is 0 Å². The van der Waals surface area contributed by atoms with Gasteiger partial charge in [0.25, 0.3) is 0 Å². The summed E-state index contributed by atoms with van der Waals surface area (Å²) < 4.78 is 25.5. The Morgan fingerprint density at radius 1 is 0.692 bits per heavy atom. The lowest BCUT2D eigenvalue weighted by Gasteiger charge is -2.15. The number of aryl methyl sites for hydroxylation is 1. The minimum Gasteiger partial charge on any atom is -0.402 e.